The van der Waals surface area contributed by atoms with Crippen LogP contribution in [0.5, 0.6) is 0 Å². The Morgan fingerprint density at radius 1 is 1.32 bits per heavy atom. The van der Waals surface area contributed by atoms with Crippen LogP contribution in [0, 0.1) is 0 Å². The summed E-state index contributed by atoms with van der Waals surface area (Å²) in [4.78, 5) is 9.34. The largest absolute Gasteiger partial charge is 0.373 e. The smallest absolute Gasteiger partial charge is 0.159 e. The third kappa shape index (κ3) is 3.90. The Bertz CT molecular complexity index is 404. The highest BCUT2D eigenvalue weighted by Gasteiger charge is 2.27. The number of methoxy groups -OCH3 is 1. The molecule has 0 spiro atoms. The number of rotatable bonds is 8. The standard InChI is InChI=1S/C15H25N3O/c1-4-6-13(19-3)15-17-12(11-7-8-11)10-14(18-15)16-9-5-2/h10-11,13H,4-9H2,1-3H3,(H,16,17,18). The van der Waals surface area contributed by atoms with Crippen molar-refractivity contribution in [1.29, 1.82) is 0 Å². The van der Waals surface area contributed by atoms with Crippen molar-refractivity contribution >= 4 is 5.82 Å². The molecule has 1 aliphatic carbocycles. The topological polar surface area (TPSA) is 47.0 Å². The van der Waals surface area contributed by atoms with Gasteiger partial charge in [-0.1, -0.05) is 20.3 Å². The van der Waals surface area contributed by atoms with E-state index in [-0.39, 0.29) is 6.10 Å². The molecule has 1 N–H and O–H groups in total. The summed E-state index contributed by atoms with van der Waals surface area (Å²) in [6.45, 7) is 5.27. The van der Waals surface area contributed by atoms with E-state index in [2.05, 4.69) is 30.2 Å². The Labute approximate surface area is 116 Å². The van der Waals surface area contributed by atoms with Crippen molar-refractivity contribution in [2.45, 2.75) is 58.0 Å². The first-order chi connectivity index (χ1) is 9.28. The molecule has 1 saturated carbocycles. The van der Waals surface area contributed by atoms with Crippen LogP contribution in [0.4, 0.5) is 5.82 Å². The number of nitrogens with one attached hydrogen (secondary N) is 1. The lowest BCUT2D eigenvalue weighted by Crippen LogP contribution is -2.11. The lowest BCUT2D eigenvalue weighted by atomic mass is 10.2. The fraction of sp³-hybridized carbons (Fsp3) is 0.733. The number of ether oxygens (including phenoxy) is 1. The van der Waals surface area contributed by atoms with E-state index >= 15 is 0 Å². The van der Waals surface area contributed by atoms with Crippen LogP contribution in [-0.4, -0.2) is 23.6 Å². The summed E-state index contributed by atoms with van der Waals surface area (Å²) in [5.74, 6) is 2.43. The number of nitrogens with zero attached hydrogens (tertiary/aromatic N) is 2. The molecule has 0 radical (unpaired) electrons. The van der Waals surface area contributed by atoms with Crippen molar-refractivity contribution in [1.82, 2.24) is 9.97 Å². The molecule has 0 aliphatic heterocycles. The van der Waals surface area contributed by atoms with Gasteiger partial charge >= 0.3 is 0 Å². The fourth-order valence-corrected chi connectivity index (χ4v) is 2.18. The Kier molecular flexibility index (Phi) is 5.14. The lowest BCUT2D eigenvalue weighted by molar-refractivity contribution is 0.0875. The number of anilines is 1. The van der Waals surface area contributed by atoms with Gasteiger partial charge in [0, 0.05) is 31.3 Å². The first kappa shape index (κ1) is 14.3. The monoisotopic (exact) mass is 263 g/mol. The predicted octanol–water partition coefficient (Wildman–Crippen LogP) is 3.66. The molecule has 2 rings (SSSR count). The van der Waals surface area contributed by atoms with Crippen molar-refractivity contribution < 1.29 is 4.74 Å². The zero-order valence-corrected chi connectivity index (χ0v) is 12.3. The minimum Gasteiger partial charge on any atom is -0.373 e. The van der Waals surface area contributed by atoms with E-state index in [0.717, 1.165) is 37.4 Å². The van der Waals surface area contributed by atoms with Crippen molar-refractivity contribution in [3.8, 4) is 0 Å². The second kappa shape index (κ2) is 6.85. The Hall–Kier alpha value is -1.16. The SMILES string of the molecule is CCCNc1cc(C2CC2)nc(C(CCC)OC)n1. The van der Waals surface area contributed by atoms with Crippen LogP contribution < -0.4 is 5.32 Å². The van der Waals surface area contributed by atoms with Crippen LogP contribution in [0.15, 0.2) is 6.07 Å². The van der Waals surface area contributed by atoms with Gasteiger partial charge in [-0.2, -0.15) is 0 Å². The summed E-state index contributed by atoms with van der Waals surface area (Å²) >= 11 is 0. The maximum absolute atomic E-state index is 5.54. The maximum atomic E-state index is 5.54. The molecule has 0 amide bonds. The molecular weight excluding hydrogens is 238 g/mol. The van der Waals surface area contributed by atoms with E-state index in [1.165, 1.54) is 18.5 Å². The van der Waals surface area contributed by atoms with Gasteiger partial charge in [-0.05, 0) is 25.7 Å². The summed E-state index contributed by atoms with van der Waals surface area (Å²) in [5, 5.41) is 3.37. The van der Waals surface area contributed by atoms with E-state index < -0.39 is 0 Å². The number of hydrogen-bond donors (Lipinski definition) is 1. The van der Waals surface area contributed by atoms with Crippen molar-refractivity contribution in [2.75, 3.05) is 19.0 Å². The average Bonchev–Trinajstić information content (AvgIpc) is 3.26. The molecular formula is C15H25N3O. The van der Waals surface area contributed by atoms with Gasteiger partial charge in [0.2, 0.25) is 0 Å². The zero-order valence-electron chi connectivity index (χ0n) is 12.3. The van der Waals surface area contributed by atoms with Crippen molar-refractivity contribution in [2.24, 2.45) is 0 Å². The van der Waals surface area contributed by atoms with Crippen LogP contribution >= 0.6 is 0 Å². The second-order valence-corrected chi connectivity index (χ2v) is 5.25. The van der Waals surface area contributed by atoms with Gasteiger partial charge in [0.25, 0.3) is 0 Å². The third-order valence-electron chi connectivity index (χ3n) is 3.44. The van der Waals surface area contributed by atoms with Gasteiger partial charge in [-0.3, -0.25) is 0 Å². The quantitative estimate of drug-likeness (QED) is 0.777. The normalized spacial score (nSPS) is 16.4. The molecule has 4 heteroatoms. The van der Waals surface area contributed by atoms with Gasteiger partial charge in [0.15, 0.2) is 5.82 Å². The lowest BCUT2D eigenvalue weighted by Gasteiger charge is -2.15. The molecule has 1 aromatic rings. The van der Waals surface area contributed by atoms with E-state index in [1.54, 1.807) is 7.11 Å². The summed E-state index contributed by atoms with van der Waals surface area (Å²) < 4.78 is 5.54. The Balaban J connectivity index is 2.21. The molecule has 0 aromatic carbocycles. The molecule has 1 atom stereocenters. The Morgan fingerprint density at radius 2 is 2.11 bits per heavy atom. The van der Waals surface area contributed by atoms with E-state index in [4.69, 9.17) is 9.72 Å². The van der Waals surface area contributed by atoms with Crippen LogP contribution in [-0.2, 0) is 4.74 Å². The third-order valence-corrected chi connectivity index (χ3v) is 3.44. The highest BCUT2D eigenvalue weighted by Crippen LogP contribution is 2.40. The highest BCUT2D eigenvalue weighted by molar-refractivity contribution is 5.38. The van der Waals surface area contributed by atoms with E-state index in [0.29, 0.717) is 5.92 Å². The van der Waals surface area contributed by atoms with Gasteiger partial charge < -0.3 is 10.1 Å². The fourth-order valence-electron chi connectivity index (χ4n) is 2.18. The summed E-state index contributed by atoms with van der Waals surface area (Å²) in [6, 6.07) is 2.11. The molecule has 1 aromatic heterocycles. The van der Waals surface area contributed by atoms with E-state index in [9.17, 15) is 0 Å². The van der Waals surface area contributed by atoms with Gasteiger partial charge in [-0.25, -0.2) is 9.97 Å². The number of aromatic nitrogens is 2. The predicted molar refractivity (Wildman–Crippen MR) is 77.4 cm³/mol. The first-order valence-corrected chi connectivity index (χ1v) is 7.44. The summed E-state index contributed by atoms with van der Waals surface area (Å²) in [6.07, 6.45) is 5.68. The maximum Gasteiger partial charge on any atom is 0.159 e. The molecule has 1 aliphatic rings. The van der Waals surface area contributed by atoms with Gasteiger partial charge in [-0.15, -0.1) is 0 Å². The minimum absolute atomic E-state index is 0.0193. The van der Waals surface area contributed by atoms with Crippen molar-refractivity contribution in [3.05, 3.63) is 17.6 Å². The molecule has 1 heterocycles. The molecule has 1 unspecified atom stereocenters. The summed E-state index contributed by atoms with van der Waals surface area (Å²) in [5.41, 5.74) is 1.18. The van der Waals surface area contributed by atoms with Crippen LogP contribution in [0.2, 0.25) is 0 Å². The highest BCUT2D eigenvalue weighted by atomic mass is 16.5. The number of hydrogen-bond acceptors (Lipinski definition) is 4. The van der Waals surface area contributed by atoms with Crippen LogP contribution in [0.1, 0.15) is 69.5 Å². The minimum atomic E-state index is 0.0193. The first-order valence-electron chi connectivity index (χ1n) is 7.44. The van der Waals surface area contributed by atoms with Crippen LogP contribution in [0.25, 0.3) is 0 Å². The second-order valence-electron chi connectivity index (χ2n) is 5.25. The summed E-state index contributed by atoms with van der Waals surface area (Å²) in [7, 11) is 1.74. The molecule has 0 saturated heterocycles. The van der Waals surface area contributed by atoms with Crippen LogP contribution in [0.3, 0.4) is 0 Å². The van der Waals surface area contributed by atoms with Gasteiger partial charge in [0.1, 0.15) is 11.9 Å². The Morgan fingerprint density at radius 3 is 2.68 bits per heavy atom. The molecule has 19 heavy (non-hydrogen) atoms. The van der Waals surface area contributed by atoms with Gasteiger partial charge in [0.05, 0.1) is 0 Å². The molecule has 0 bridgehead atoms. The van der Waals surface area contributed by atoms with E-state index in [1.807, 2.05) is 0 Å². The van der Waals surface area contributed by atoms with Crippen molar-refractivity contribution in [3.63, 3.8) is 0 Å². The average molecular weight is 263 g/mol. The zero-order chi connectivity index (χ0) is 13.7. The molecule has 106 valence electrons. The molecule has 4 nitrogen and oxygen atoms in total. The molecule has 1 fully saturated rings.